The lowest BCUT2D eigenvalue weighted by Crippen LogP contribution is -2.37. The van der Waals surface area contributed by atoms with Gasteiger partial charge in [0.15, 0.2) is 5.76 Å². The van der Waals surface area contributed by atoms with Crippen LogP contribution in [0.25, 0.3) is 11.3 Å². The van der Waals surface area contributed by atoms with Crippen LogP contribution in [-0.4, -0.2) is 50.0 Å². The summed E-state index contributed by atoms with van der Waals surface area (Å²) in [6.07, 6.45) is 3.33. The van der Waals surface area contributed by atoms with Gasteiger partial charge in [-0.2, -0.15) is 5.10 Å². The first-order valence-electron chi connectivity index (χ1n) is 10.2. The van der Waals surface area contributed by atoms with E-state index in [0.29, 0.717) is 25.6 Å². The molecule has 0 radical (unpaired) electrons. The minimum Gasteiger partial charge on any atom is -0.494 e. The maximum Gasteiger partial charge on any atom is 0.307 e. The quantitative estimate of drug-likeness (QED) is 0.466. The van der Waals surface area contributed by atoms with Crippen molar-refractivity contribution in [1.29, 1.82) is 0 Å². The van der Waals surface area contributed by atoms with E-state index in [1.807, 2.05) is 43.3 Å². The number of nitrogens with zero attached hydrogens (tertiary/aromatic N) is 3. The summed E-state index contributed by atoms with van der Waals surface area (Å²) in [7, 11) is 0. The van der Waals surface area contributed by atoms with E-state index in [1.54, 1.807) is 24.5 Å². The molecule has 160 valence electrons. The van der Waals surface area contributed by atoms with Crippen molar-refractivity contribution < 1.29 is 18.7 Å². The van der Waals surface area contributed by atoms with Crippen LogP contribution >= 0.6 is 0 Å². The molecule has 0 saturated carbocycles. The second-order valence-electron chi connectivity index (χ2n) is 6.84. The fourth-order valence-corrected chi connectivity index (χ4v) is 3.26. The molecule has 1 amide bonds. The van der Waals surface area contributed by atoms with Gasteiger partial charge in [0.1, 0.15) is 17.3 Å². The number of hydrogen-bond acceptors (Lipinski definition) is 7. The maximum atomic E-state index is 12.4. The van der Waals surface area contributed by atoms with Crippen molar-refractivity contribution in [3.8, 4) is 17.1 Å². The summed E-state index contributed by atoms with van der Waals surface area (Å²) in [5.41, 5.74) is 4.19. The number of pyridine rings is 1. The van der Waals surface area contributed by atoms with E-state index in [4.69, 9.17) is 13.9 Å². The number of benzene rings is 1. The Balaban J connectivity index is 1.40. The number of hydrazone groups is 1. The van der Waals surface area contributed by atoms with Crippen molar-refractivity contribution in [1.82, 2.24) is 10.4 Å². The molecule has 1 N–H and O–H groups in total. The standard InChI is InChI=1S/C23H24N4O4/c1-2-30-19-7-5-17(6-8-19)20-9-10-21(31-20)23(28)26-25-16-18-4-3-11-24-22(18)27-12-14-29-15-13-27/h3-11,16H,2,12-15H2,1H3,(H,26,28)/b25-16+. The molecule has 0 spiro atoms. The molecule has 4 rings (SSSR count). The molecular weight excluding hydrogens is 396 g/mol. The zero-order chi connectivity index (χ0) is 21.5. The SMILES string of the molecule is CCOc1ccc(-c2ccc(C(=O)N/N=C/c3cccnc3N3CCOCC3)o2)cc1. The molecular formula is C23H24N4O4. The molecule has 3 heterocycles. The van der Waals surface area contributed by atoms with Crippen LogP contribution in [0.15, 0.2) is 64.2 Å². The monoisotopic (exact) mass is 420 g/mol. The van der Waals surface area contributed by atoms with Gasteiger partial charge in [0.25, 0.3) is 0 Å². The molecule has 1 aliphatic heterocycles. The minimum absolute atomic E-state index is 0.181. The van der Waals surface area contributed by atoms with Crippen molar-refractivity contribution >= 4 is 17.9 Å². The molecule has 0 atom stereocenters. The van der Waals surface area contributed by atoms with Gasteiger partial charge in [-0.15, -0.1) is 0 Å². The highest BCUT2D eigenvalue weighted by atomic mass is 16.5. The Morgan fingerprint density at radius 2 is 2.00 bits per heavy atom. The number of carbonyl (C=O) groups excluding carboxylic acids is 1. The van der Waals surface area contributed by atoms with Crippen LogP contribution in [0.1, 0.15) is 23.0 Å². The Morgan fingerprint density at radius 1 is 1.19 bits per heavy atom. The molecule has 2 aromatic heterocycles. The summed E-state index contributed by atoms with van der Waals surface area (Å²) in [4.78, 5) is 19.0. The molecule has 1 saturated heterocycles. The lowest BCUT2D eigenvalue weighted by molar-refractivity contribution is 0.0928. The molecule has 3 aromatic rings. The van der Waals surface area contributed by atoms with Crippen molar-refractivity contribution in [2.45, 2.75) is 6.92 Å². The lowest BCUT2D eigenvalue weighted by atomic mass is 10.2. The van der Waals surface area contributed by atoms with Crippen LogP contribution in [0.4, 0.5) is 5.82 Å². The predicted molar refractivity (Wildman–Crippen MR) is 118 cm³/mol. The Morgan fingerprint density at radius 3 is 2.77 bits per heavy atom. The molecule has 8 nitrogen and oxygen atoms in total. The van der Waals surface area contributed by atoms with Gasteiger partial charge in [0.2, 0.25) is 0 Å². The van der Waals surface area contributed by atoms with E-state index in [9.17, 15) is 4.79 Å². The van der Waals surface area contributed by atoms with Crippen molar-refractivity contribution in [3.05, 3.63) is 66.1 Å². The maximum absolute atomic E-state index is 12.4. The van der Waals surface area contributed by atoms with Gasteiger partial charge < -0.3 is 18.8 Å². The molecule has 1 fully saturated rings. The van der Waals surface area contributed by atoms with Crippen molar-refractivity contribution in [2.75, 3.05) is 37.8 Å². The third-order valence-corrected chi connectivity index (χ3v) is 4.78. The van der Waals surface area contributed by atoms with Gasteiger partial charge in [0, 0.05) is 30.4 Å². The first kappa shape index (κ1) is 20.6. The highest BCUT2D eigenvalue weighted by Gasteiger charge is 2.15. The van der Waals surface area contributed by atoms with Crippen LogP contribution in [0.2, 0.25) is 0 Å². The van der Waals surface area contributed by atoms with Gasteiger partial charge in [0.05, 0.1) is 26.0 Å². The summed E-state index contributed by atoms with van der Waals surface area (Å²) in [6, 6.07) is 14.6. The van der Waals surface area contributed by atoms with E-state index >= 15 is 0 Å². The van der Waals surface area contributed by atoms with E-state index in [0.717, 1.165) is 35.8 Å². The number of amides is 1. The van der Waals surface area contributed by atoms with Gasteiger partial charge in [-0.1, -0.05) is 0 Å². The summed E-state index contributed by atoms with van der Waals surface area (Å²) >= 11 is 0. The molecule has 1 aromatic carbocycles. The largest absolute Gasteiger partial charge is 0.494 e. The highest BCUT2D eigenvalue weighted by Crippen LogP contribution is 2.24. The summed E-state index contributed by atoms with van der Waals surface area (Å²) < 4.78 is 16.5. The summed E-state index contributed by atoms with van der Waals surface area (Å²) in [6.45, 7) is 5.41. The second-order valence-corrected chi connectivity index (χ2v) is 6.84. The van der Waals surface area contributed by atoms with Crippen LogP contribution in [0, 0.1) is 0 Å². The number of morpholine rings is 1. The van der Waals surface area contributed by atoms with Crippen LogP contribution in [0.3, 0.4) is 0 Å². The van der Waals surface area contributed by atoms with E-state index in [2.05, 4.69) is 20.4 Å². The lowest BCUT2D eigenvalue weighted by Gasteiger charge is -2.28. The number of carbonyl (C=O) groups is 1. The van der Waals surface area contributed by atoms with Crippen molar-refractivity contribution in [2.24, 2.45) is 5.10 Å². The number of nitrogens with one attached hydrogen (secondary N) is 1. The molecule has 0 aliphatic carbocycles. The number of aromatic nitrogens is 1. The minimum atomic E-state index is -0.426. The Labute approximate surface area is 180 Å². The predicted octanol–water partition coefficient (Wildman–Crippen LogP) is 3.34. The zero-order valence-electron chi connectivity index (χ0n) is 17.3. The van der Waals surface area contributed by atoms with E-state index in [1.165, 1.54) is 0 Å². The molecule has 0 bridgehead atoms. The van der Waals surface area contributed by atoms with E-state index < -0.39 is 5.91 Å². The molecule has 8 heteroatoms. The van der Waals surface area contributed by atoms with Crippen LogP contribution in [0.5, 0.6) is 5.75 Å². The first-order valence-corrected chi connectivity index (χ1v) is 10.2. The molecule has 0 unspecified atom stereocenters. The second kappa shape index (κ2) is 9.90. The van der Waals surface area contributed by atoms with Crippen LogP contribution in [-0.2, 0) is 4.74 Å². The smallest absolute Gasteiger partial charge is 0.307 e. The normalized spacial score (nSPS) is 14.0. The Bertz CT molecular complexity index is 1040. The fraction of sp³-hybridized carbons (Fsp3) is 0.261. The third kappa shape index (κ3) is 5.10. The highest BCUT2D eigenvalue weighted by molar-refractivity contribution is 5.93. The third-order valence-electron chi connectivity index (χ3n) is 4.78. The number of anilines is 1. The summed E-state index contributed by atoms with van der Waals surface area (Å²) in [5, 5.41) is 4.09. The number of furan rings is 1. The average molecular weight is 420 g/mol. The average Bonchev–Trinajstić information content (AvgIpc) is 3.31. The first-order chi connectivity index (χ1) is 15.2. The summed E-state index contributed by atoms with van der Waals surface area (Å²) in [5.74, 6) is 1.96. The molecule has 31 heavy (non-hydrogen) atoms. The van der Waals surface area contributed by atoms with Gasteiger partial charge in [-0.05, 0) is 55.5 Å². The van der Waals surface area contributed by atoms with Gasteiger partial charge in [-0.3, -0.25) is 4.79 Å². The Hall–Kier alpha value is -3.65. The van der Waals surface area contributed by atoms with E-state index in [-0.39, 0.29) is 5.76 Å². The van der Waals surface area contributed by atoms with Crippen molar-refractivity contribution in [3.63, 3.8) is 0 Å². The van der Waals surface area contributed by atoms with Gasteiger partial charge in [-0.25, -0.2) is 10.4 Å². The van der Waals surface area contributed by atoms with Crippen LogP contribution < -0.4 is 15.1 Å². The number of ether oxygens (including phenoxy) is 2. The number of hydrogen-bond donors (Lipinski definition) is 1. The number of rotatable bonds is 7. The Kier molecular flexibility index (Phi) is 6.59. The zero-order valence-corrected chi connectivity index (χ0v) is 17.3. The molecule has 1 aliphatic rings. The topological polar surface area (TPSA) is 89.2 Å². The van der Waals surface area contributed by atoms with Gasteiger partial charge >= 0.3 is 5.91 Å². The fourth-order valence-electron chi connectivity index (χ4n) is 3.26.